The zero-order valence-corrected chi connectivity index (χ0v) is 10.8. The molecule has 0 radical (unpaired) electrons. The molecule has 0 aliphatic heterocycles. The van der Waals surface area contributed by atoms with Crippen molar-refractivity contribution in [2.45, 2.75) is 0 Å². The summed E-state index contributed by atoms with van der Waals surface area (Å²) in [6, 6.07) is 15.4. The molecule has 0 bridgehead atoms. The van der Waals surface area contributed by atoms with Crippen LogP contribution in [0.1, 0.15) is 5.56 Å². The summed E-state index contributed by atoms with van der Waals surface area (Å²) < 4.78 is 0. The molecule has 0 aliphatic carbocycles. The molecule has 1 nitrogen and oxygen atoms in total. The molecule has 1 N–H and O–H groups in total. The van der Waals surface area contributed by atoms with Crippen molar-refractivity contribution in [1.29, 1.82) is 0 Å². The largest absolute Gasteiger partial charge is 0.392 e. The zero-order chi connectivity index (χ0) is 11.2. The van der Waals surface area contributed by atoms with Crippen LogP contribution >= 0.6 is 0 Å². The normalized spacial score (nSPS) is 11.1. The third kappa shape index (κ3) is 3.64. The molecular weight excluding hydrogens is 303 g/mol. The molecule has 0 aliphatic rings. The maximum atomic E-state index is 8.61. The molecule has 2 heteroatoms. The number of aliphatic hydroxyl groups excluding tert-OH is 1. The van der Waals surface area contributed by atoms with Gasteiger partial charge in [0.25, 0.3) is 0 Å². The summed E-state index contributed by atoms with van der Waals surface area (Å²) in [6.07, 6.45) is 7.43. The van der Waals surface area contributed by atoms with Crippen molar-refractivity contribution < 1.29 is 25.5 Å². The number of hydrogen-bond acceptors (Lipinski definition) is 1. The summed E-state index contributed by atoms with van der Waals surface area (Å²) >= 11 is 0. The van der Waals surface area contributed by atoms with Crippen LogP contribution in [0.15, 0.2) is 54.6 Å². The van der Waals surface area contributed by atoms with Crippen molar-refractivity contribution in [1.82, 2.24) is 0 Å². The summed E-state index contributed by atoms with van der Waals surface area (Å²) in [5, 5.41) is 11.0. The van der Waals surface area contributed by atoms with Crippen LogP contribution in [0.4, 0.5) is 0 Å². The van der Waals surface area contributed by atoms with Gasteiger partial charge in [0.05, 0.1) is 6.61 Å². The Morgan fingerprint density at radius 2 is 1.94 bits per heavy atom. The Morgan fingerprint density at radius 1 is 1.12 bits per heavy atom. The second kappa shape index (κ2) is 7.19. The quantitative estimate of drug-likeness (QED) is 0.524. The Labute approximate surface area is 115 Å². The predicted octanol–water partition coefficient (Wildman–Crippen LogP) is 3.20. The van der Waals surface area contributed by atoms with Gasteiger partial charge in [-0.15, -0.1) is 46.7 Å². The van der Waals surface area contributed by atoms with Crippen LogP contribution in [0, 0.1) is 6.07 Å². The second-order valence-electron chi connectivity index (χ2n) is 3.45. The molecule has 0 spiro atoms. The minimum absolute atomic E-state index is 0. The van der Waals surface area contributed by atoms with Crippen LogP contribution in [-0.2, 0) is 20.4 Å². The molecule has 0 heterocycles. The van der Waals surface area contributed by atoms with Gasteiger partial charge in [-0.2, -0.15) is 0 Å². The first kappa shape index (κ1) is 13.9. The van der Waals surface area contributed by atoms with Crippen molar-refractivity contribution in [3.63, 3.8) is 0 Å². The van der Waals surface area contributed by atoms with E-state index in [2.05, 4.69) is 24.3 Å². The van der Waals surface area contributed by atoms with E-state index in [1.54, 1.807) is 6.08 Å². The van der Waals surface area contributed by atoms with Gasteiger partial charge in [0.15, 0.2) is 0 Å². The summed E-state index contributed by atoms with van der Waals surface area (Å²) in [5.41, 5.74) is 1.07. The van der Waals surface area contributed by atoms with Crippen LogP contribution in [0.25, 0.3) is 16.8 Å². The first-order valence-electron chi connectivity index (χ1n) is 5.25. The Morgan fingerprint density at radius 3 is 2.76 bits per heavy atom. The van der Waals surface area contributed by atoms with E-state index in [1.165, 1.54) is 10.8 Å². The zero-order valence-electron chi connectivity index (χ0n) is 9.24. The molecule has 0 atom stereocenters. The van der Waals surface area contributed by atoms with Gasteiger partial charge < -0.3 is 5.11 Å². The third-order valence-electron chi connectivity index (χ3n) is 2.37. The van der Waals surface area contributed by atoms with Gasteiger partial charge in [0, 0.05) is 20.4 Å². The Kier molecular flexibility index (Phi) is 5.87. The van der Waals surface area contributed by atoms with Crippen molar-refractivity contribution in [2.24, 2.45) is 0 Å². The molecule has 0 amide bonds. The first-order chi connectivity index (χ1) is 7.92. The van der Waals surface area contributed by atoms with E-state index < -0.39 is 0 Å². The molecule has 0 fully saturated rings. The maximum Gasteiger partial charge on any atom is 0.0615 e. The molecule has 0 saturated heterocycles. The van der Waals surface area contributed by atoms with Crippen LogP contribution in [0.5, 0.6) is 0 Å². The average Bonchev–Trinajstić information content (AvgIpc) is 2.35. The molecule has 0 aromatic heterocycles. The number of hydrogen-bond donors (Lipinski definition) is 1. The number of fused-ring (bicyclic) bond motifs is 1. The van der Waals surface area contributed by atoms with E-state index >= 15 is 0 Å². The Bertz CT molecular complexity index is 524. The Hall–Kier alpha value is -1.20. The Balaban J connectivity index is 0.00000144. The number of allylic oxidation sites excluding steroid dienone is 2. The fraction of sp³-hybridized carbons (Fsp3) is 0.0667. The minimum Gasteiger partial charge on any atom is -0.392 e. The fourth-order valence-electron chi connectivity index (χ4n) is 1.62. The predicted molar refractivity (Wildman–Crippen MR) is 68.0 cm³/mol. The molecule has 0 saturated carbocycles. The standard InChI is InChI=1S/C15H13O.Pd/c16-12-5-1-2-7-13-9-6-10-14-8-3-4-11-15(13)14;/h1-8,10-11,16H,12H2;/q-1;/b5-1-,7-2-;. The van der Waals surface area contributed by atoms with Gasteiger partial charge in [-0.05, 0) is 0 Å². The van der Waals surface area contributed by atoms with Gasteiger partial charge in [-0.25, -0.2) is 0 Å². The van der Waals surface area contributed by atoms with Crippen LogP contribution in [-0.4, -0.2) is 11.7 Å². The summed E-state index contributed by atoms with van der Waals surface area (Å²) in [7, 11) is 0. The van der Waals surface area contributed by atoms with E-state index in [1.807, 2.05) is 36.4 Å². The van der Waals surface area contributed by atoms with E-state index in [0.29, 0.717) is 0 Å². The molecular formula is C15H13OPd-. The molecule has 2 aromatic rings. The minimum atomic E-state index is 0. The second-order valence-corrected chi connectivity index (χ2v) is 3.45. The summed E-state index contributed by atoms with van der Waals surface area (Å²) in [5.74, 6) is 0. The van der Waals surface area contributed by atoms with E-state index in [9.17, 15) is 0 Å². The van der Waals surface area contributed by atoms with Crippen LogP contribution in [0.3, 0.4) is 0 Å². The SMILES string of the molecule is OC/C=C\C=C/c1[c-]ccc2ccccc12.[Pd]. The maximum absolute atomic E-state index is 8.61. The molecule has 2 rings (SSSR count). The monoisotopic (exact) mass is 315 g/mol. The van der Waals surface area contributed by atoms with Crippen LogP contribution in [0.2, 0.25) is 0 Å². The molecule has 90 valence electrons. The van der Waals surface area contributed by atoms with Crippen molar-refractivity contribution >= 4 is 16.8 Å². The smallest absolute Gasteiger partial charge is 0.0615 e. The van der Waals surface area contributed by atoms with Crippen LogP contribution < -0.4 is 0 Å². The number of aliphatic hydroxyl groups is 1. The molecule has 2 aromatic carbocycles. The molecule has 0 unspecified atom stereocenters. The number of rotatable bonds is 3. The van der Waals surface area contributed by atoms with E-state index in [-0.39, 0.29) is 27.0 Å². The van der Waals surface area contributed by atoms with Gasteiger partial charge >= 0.3 is 0 Å². The van der Waals surface area contributed by atoms with E-state index in [0.717, 1.165) is 5.56 Å². The van der Waals surface area contributed by atoms with Crippen molar-refractivity contribution in [2.75, 3.05) is 6.61 Å². The average molecular weight is 316 g/mol. The van der Waals surface area contributed by atoms with Gasteiger partial charge in [0.2, 0.25) is 0 Å². The number of benzene rings is 2. The summed E-state index contributed by atoms with van der Waals surface area (Å²) in [6.45, 7) is 0.0730. The van der Waals surface area contributed by atoms with Crippen molar-refractivity contribution in [3.8, 4) is 0 Å². The van der Waals surface area contributed by atoms with Gasteiger partial charge in [-0.1, -0.05) is 36.4 Å². The van der Waals surface area contributed by atoms with Gasteiger partial charge in [0.1, 0.15) is 0 Å². The topological polar surface area (TPSA) is 20.2 Å². The first-order valence-corrected chi connectivity index (χ1v) is 5.25. The van der Waals surface area contributed by atoms with Gasteiger partial charge in [-0.3, -0.25) is 0 Å². The van der Waals surface area contributed by atoms with E-state index in [4.69, 9.17) is 5.11 Å². The fourth-order valence-corrected chi connectivity index (χ4v) is 1.62. The third-order valence-corrected chi connectivity index (χ3v) is 2.37. The molecule has 17 heavy (non-hydrogen) atoms. The van der Waals surface area contributed by atoms with Crippen molar-refractivity contribution in [3.05, 3.63) is 66.3 Å². The summed E-state index contributed by atoms with van der Waals surface area (Å²) in [4.78, 5) is 0.